The van der Waals surface area contributed by atoms with E-state index in [0.717, 1.165) is 70.6 Å². The quantitative estimate of drug-likeness (QED) is 0.0201. The molecule has 0 aliphatic rings. The van der Waals surface area contributed by atoms with Crippen LogP contribution in [0.3, 0.4) is 0 Å². The maximum absolute atomic E-state index is 12.6. The second-order valence-electron chi connectivity index (χ2n) is 15.3. The molecule has 9 nitrogen and oxygen atoms in total. The van der Waals surface area contributed by atoms with E-state index in [0.29, 0.717) is 17.4 Å². The topological polar surface area (TPSA) is 111 Å². The first-order valence-electron chi connectivity index (χ1n) is 21.0. The Labute approximate surface area is 319 Å². The lowest BCUT2D eigenvalue weighted by Crippen LogP contribution is -2.37. The SMILES string of the molecule is CCCCCCC/C=C/CCCCCCCC(=O)OCC(COP(=O)([O-])OCC[N+](C)(C)C)OC(=O)CCCCCCC/C=C/CCCCCCC. The highest BCUT2D eigenvalue weighted by Crippen LogP contribution is 2.38. The zero-order chi connectivity index (χ0) is 38.6. The number of hydrogen-bond acceptors (Lipinski definition) is 8. The minimum atomic E-state index is -4.62. The molecule has 0 saturated heterocycles. The van der Waals surface area contributed by atoms with Crippen LogP contribution in [0.1, 0.15) is 181 Å². The van der Waals surface area contributed by atoms with Crippen LogP contribution in [-0.4, -0.2) is 70.0 Å². The summed E-state index contributed by atoms with van der Waals surface area (Å²) in [6, 6.07) is 0. The van der Waals surface area contributed by atoms with Gasteiger partial charge < -0.3 is 27.9 Å². The number of phosphoric ester groups is 1. The van der Waals surface area contributed by atoms with Crippen molar-refractivity contribution in [1.29, 1.82) is 0 Å². The zero-order valence-corrected chi connectivity index (χ0v) is 35.2. The van der Waals surface area contributed by atoms with Gasteiger partial charge in [-0.25, -0.2) is 0 Å². The van der Waals surface area contributed by atoms with E-state index < -0.39 is 32.5 Å². The number of rotatable bonds is 38. The average molecular weight is 758 g/mol. The number of esters is 2. The van der Waals surface area contributed by atoms with E-state index in [1.54, 1.807) is 0 Å². The lowest BCUT2D eigenvalue weighted by atomic mass is 10.1. The van der Waals surface area contributed by atoms with E-state index in [1.165, 1.54) is 77.0 Å². The van der Waals surface area contributed by atoms with Gasteiger partial charge in [0.2, 0.25) is 0 Å². The molecular formula is C42H80NO8P. The van der Waals surface area contributed by atoms with Gasteiger partial charge >= 0.3 is 11.9 Å². The monoisotopic (exact) mass is 758 g/mol. The van der Waals surface area contributed by atoms with E-state index in [9.17, 15) is 19.0 Å². The van der Waals surface area contributed by atoms with Crippen molar-refractivity contribution in [2.75, 3.05) is 47.5 Å². The third-order valence-electron chi connectivity index (χ3n) is 8.94. The summed E-state index contributed by atoms with van der Waals surface area (Å²) in [5.74, 6) is -0.853. The summed E-state index contributed by atoms with van der Waals surface area (Å²) in [7, 11) is 1.16. The van der Waals surface area contributed by atoms with E-state index in [4.69, 9.17) is 18.5 Å². The van der Waals surface area contributed by atoms with Crippen molar-refractivity contribution >= 4 is 19.8 Å². The summed E-state index contributed by atoms with van der Waals surface area (Å²) in [4.78, 5) is 37.4. The fourth-order valence-electron chi connectivity index (χ4n) is 5.58. The van der Waals surface area contributed by atoms with Gasteiger partial charge in [-0.05, 0) is 64.2 Å². The number of phosphoric acid groups is 1. The van der Waals surface area contributed by atoms with Crippen molar-refractivity contribution in [3.63, 3.8) is 0 Å². The van der Waals surface area contributed by atoms with Crippen LogP contribution in [0.2, 0.25) is 0 Å². The summed E-state index contributed by atoms with van der Waals surface area (Å²) in [6.07, 6.45) is 36.2. The third kappa shape index (κ3) is 38.2. The molecule has 0 aromatic carbocycles. The number of ether oxygens (including phenoxy) is 2. The summed E-state index contributed by atoms with van der Waals surface area (Å²) in [5.41, 5.74) is 0. The number of allylic oxidation sites excluding steroid dienone is 4. The van der Waals surface area contributed by atoms with Gasteiger partial charge in [-0.1, -0.05) is 128 Å². The van der Waals surface area contributed by atoms with Crippen LogP contribution in [0, 0.1) is 0 Å². The Morgan fingerprint density at radius 3 is 1.42 bits per heavy atom. The number of hydrogen-bond donors (Lipinski definition) is 0. The molecule has 0 aromatic rings. The Bertz CT molecular complexity index is 949. The molecule has 0 aromatic heterocycles. The number of carbonyl (C=O) groups excluding carboxylic acids is 2. The fourth-order valence-corrected chi connectivity index (χ4v) is 6.31. The minimum absolute atomic E-state index is 0.0327. The van der Waals surface area contributed by atoms with Crippen LogP contribution in [0.4, 0.5) is 0 Å². The van der Waals surface area contributed by atoms with Crippen LogP contribution < -0.4 is 4.89 Å². The molecule has 2 unspecified atom stereocenters. The van der Waals surface area contributed by atoms with E-state index in [-0.39, 0.29) is 26.1 Å². The van der Waals surface area contributed by atoms with Crippen LogP contribution in [0.5, 0.6) is 0 Å². The molecule has 0 heterocycles. The van der Waals surface area contributed by atoms with Gasteiger partial charge in [0.05, 0.1) is 27.7 Å². The standard InChI is InChI=1S/C42H80NO8P/c1-6-8-10-12-14-16-18-20-22-24-26-28-30-32-34-41(44)48-38-40(39-50-52(46,47)49-37-36-43(3,4)5)51-42(45)35-33-31-29-27-25-23-21-19-17-15-13-11-9-7-2/h18-21,40H,6-17,22-39H2,1-5H3/b20-18+,21-19+. The second-order valence-corrected chi connectivity index (χ2v) is 16.8. The van der Waals surface area contributed by atoms with Gasteiger partial charge in [-0.2, -0.15) is 0 Å². The Kier molecular flexibility index (Phi) is 34.2. The number of likely N-dealkylation sites (N-methyl/N-ethyl adjacent to an activating group) is 1. The van der Waals surface area contributed by atoms with Crippen molar-refractivity contribution in [2.24, 2.45) is 0 Å². The first-order chi connectivity index (χ1) is 25.0. The third-order valence-corrected chi connectivity index (χ3v) is 9.91. The van der Waals surface area contributed by atoms with Crippen molar-refractivity contribution in [1.82, 2.24) is 0 Å². The normalized spacial score (nSPS) is 13.9. The molecule has 0 amide bonds. The predicted molar refractivity (Wildman–Crippen MR) is 213 cm³/mol. The fraction of sp³-hybridized carbons (Fsp3) is 0.857. The minimum Gasteiger partial charge on any atom is -0.756 e. The molecule has 0 N–H and O–H groups in total. The molecule has 0 spiro atoms. The van der Waals surface area contributed by atoms with Crippen molar-refractivity contribution in [2.45, 2.75) is 187 Å². The van der Waals surface area contributed by atoms with Crippen LogP contribution in [0.25, 0.3) is 0 Å². The molecule has 0 aliphatic carbocycles. The van der Waals surface area contributed by atoms with Gasteiger partial charge in [0, 0.05) is 12.8 Å². The smallest absolute Gasteiger partial charge is 0.306 e. The van der Waals surface area contributed by atoms with E-state index in [1.807, 2.05) is 21.1 Å². The van der Waals surface area contributed by atoms with Gasteiger partial charge in [0.1, 0.15) is 19.8 Å². The van der Waals surface area contributed by atoms with Crippen molar-refractivity contribution in [3.8, 4) is 0 Å². The Morgan fingerprint density at radius 1 is 0.577 bits per heavy atom. The first-order valence-corrected chi connectivity index (χ1v) is 22.5. The highest BCUT2D eigenvalue weighted by molar-refractivity contribution is 7.45. The van der Waals surface area contributed by atoms with Crippen LogP contribution in [-0.2, 0) is 32.7 Å². The number of unbranched alkanes of at least 4 members (excludes halogenated alkanes) is 20. The number of carbonyl (C=O) groups is 2. The van der Waals surface area contributed by atoms with E-state index in [2.05, 4.69) is 38.2 Å². The van der Waals surface area contributed by atoms with Crippen molar-refractivity contribution < 1.29 is 42.1 Å². The van der Waals surface area contributed by atoms with Crippen LogP contribution in [0.15, 0.2) is 24.3 Å². The number of quaternary nitrogens is 1. The molecule has 0 saturated carbocycles. The van der Waals surface area contributed by atoms with Crippen molar-refractivity contribution in [3.05, 3.63) is 24.3 Å². The molecule has 0 rings (SSSR count). The average Bonchev–Trinajstić information content (AvgIpc) is 3.09. The Balaban J connectivity index is 4.41. The molecule has 10 heteroatoms. The molecule has 0 bridgehead atoms. The molecule has 0 fully saturated rings. The maximum atomic E-state index is 12.6. The predicted octanol–water partition coefficient (Wildman–Crippen LogP) is 10.9. The summed E-state index contributed by atoms with van der Waals surface area (Å²) in [6.45, 7) is 4.19. The molecular weight excluding hydrogens is 677 g/mol. The van der Waals surface area contributed by atoms with Gasteiger partial charge in [-0.3, -0.25) is 14.2 Å². The molecule has 306 valence electrons. The largest absolute Gasteiger partial charge is 0.756 e. The van der Waals surface area contributed by atoms with Gasteiger partial charge in [0.25, 0.3) is 7.82 Å². The highest BCUT2D eigenvalue weighted by atomic mass is 31.2. The maximum Gasteiger partial charge on any atom is 0.306 e. The van der Waals surface area contributed by atoms with Gasteiger partial charge in [0.15, 0.2) is 6.10 Å². The Morgan fingerprint density at radius 2 is 0.981 bits per heavy atom. The zero-order valence-electron chi connectivity index (χ0n) is 34.3. The van der Waals surface area contributed by atoms with Crippen LogP contribution >= 0.6 is 7.82 Å². The molecule has 52 heavy (non-hydrogen) atoms. The first kappa shape index (κ1) is 50.5. The summed E-state index contributed by atoms with van der Waals surface area (Å²) >= 11 is 0. The van der Waals surface area contributed by atoms with E-state index >= 15 is 0 Å². The lowest BCUT2D eigenvalue weighted by molar-refractivity contribution is -0.870. The molecule has 0 aliphatic heterocycles. The number of nitrogens with zero attached hydrogens (tertiary/aromatic N) is 1. The molecule has 2 atom stereocenters. The van der Waals surface area contributed by atoms with Gasteiger partial charge in [-0.15, -0.1) is 0 Å². The lowest BCUT2D eigenvalue weighted by Gasteiger charge is -2.28. The highest BCUT2D eigenvalue weighted by Gasteiger charge is 2.21. The summed E-state index contributed by atoms with van der Waals surface area (Å²) in [5, 5.41) is 0. The second kappa shape index (κ2) is 35.2. The Hall–Kier alpha value is -1.51. The summed E-state index contributed by atoms with van der Waals surface area (Å²) < 4.78 is 33.8. The molecule has 0 radical (unpaired) electrons.